The Morgan fingerprint density at radius 1 is 0.607 bits per heavy atom. The Hall–Kier alpha value is -3.57. The van der Waals surface area contributed by atoms with Crippen LogP contribution in [0.5, 0.6) is 0 Å². The molecule has 3 aromatic carbocycles. The van der Waals surface area contributed by atoms with E-state index in [0.717, 1.165) is 22.1 Å². The van der Waals surface area contributed by atoms with Crippen LogP contribution in [-0.4, -0.2) is 19.9 Å². The molecule has 0 unspecified atom stereocenters. The standard InChI is InChI=1S/C9H7N.C7H6N2.C7H5NS/c1-2-6-9-8(4-1)5-3-7-10-9;2*1-2-4-7-6(3-1)8-5-9-7/h1-7H;1-5H,(H,8,9);1-5H. The molecule has 5 heteroatoms. The van der Waals surface area contributed by atoms with Gasteiger partial charge < -0.3 is 4.98 Å². The first kappa shape index (κ1) is 17.8. The van der Waals surface area contributed by atoms with Gasteiger partial charge in [-0.05, 0) is 36.4 Å². The van der Waals surface area contributed by atoms with Crippen LogP contribution in [0.25, 0.3) is 32.2 Å². The van der Waals surface area contributed by atoms with Crippen LogP contribution in [0, 0.1) is 0 Å². The van der Waals surface area contributed by atoms with Gasteiger partial charge in [0.2, 0.25) is 0 Å². The molecule has 0 aliphatic carbocycles. The number of nitrogens with one attached hydrogen (secondary N) is 1. The van der Waals surface area contributed by atoms with Gasteiger partial charge in [0.05, 0.1) is 38.6 Å². The van der Waals surface area contributed by atoms with Crippen LogP contribution < -0.4 is 0 Å². The number of aromatic amines is 1. The minimum Gasteiger partial charge on any atom is -0.345 e. The van der Waals surface area contributed by atoms with E-state index in [-0.39, 0.29) is 0 Å². The summed E-state index contributed by atoms with van der Waals surface area (Å²) < 4.78 is 1.26. The summed E-state index contributed by atoms with van der Waals surface area (Å²) in [7, 11) is 0. The molecule has 6 aromatic rings. The van der Waals surface area contributed by atoms with E-state index in [1.54, 1.807) is 17.7 Å². The van der Waals surface area contributed by atoms with Gasteiger partial charge in [0.15, 0.2) is 0 Å². The number of nitrogens with zero attached hydrogens (tertiary/aromatic N) is 3. The number of benzene rings is 3. The summed E-state index contributed by atoms with van der Waals surface area (Å²) in [6, 6.07) is 28.2. The van der Waals surface area contributed by atoms with Crippen LogP contribution in [0.4, 0.5) is 0 Å². The van der Waals surface area contributed by atoms with Crippen LogP contribution in [0.3, 0.4) is 0 Å². The van der Waals surface area contributed by atoms with Gasteiger partial charge in [-0.1, -0.05) is 48.5 Å². The number of imidazole rings is 1. The molecule has 6 rings (SSSR count). The van der Waals surface area contributed by atoms with E-state index in [1.165, 1.54) is 10.1 Å². The Labute approximate surface area is 166 Å². The second kappa shape index (κ2) is 8.88. The molecule has 28 heavy (non-hydrogen) atoms. The Morgan fingerprint density at radius 2 is 1.32 bits per heavy atom. The fourth-order valence-corrected chi connectivity index (χ4v) is 3.38. The molecule has 0 fully saturated rings. The average molecular weight is 382 g/mol. The zero-order chi connectivity index (χ0) is 19.0. The second-order valence-electron chi connectivity index (χ2n) is 5.94. The zero-order valence-corrected chi connectivity index (χ0v) is 15.9. The van der Waals surface area contributed by atoms with Crippen molar-refractivity contribution >= 4 is 43.5 Å². The summed E-state index contributed by atoms with van der Waals surface area (Å²) in [6.07, 6.45) is 3.51. The third-order valence-electron chi connectivity index (χ3n) is 4.08. The monoisotopic (exact) mass is 382 g/mol. The number of hydrogen-bond acceptors (Lipinski definition) is 4. The highest BCUT2D eigenvalue weighted by Gasteiger charge is 1.90. The number of pyridine rings is 1. The van der Waals surface area contributed by atoms with E-state index in [0.29, 0.717) is 0 Å². The van der Waals surface area contributed by atoms with E-state index in [9.17, 15) is 0 Å². The maximum Gasteiger partial charge on any atom is 0.0931 e. The summed E-state index contributed by atoms with van der Waals surface area (Å²) in [5, 5.41) is 1.20. The number of rotatable bonds is 0. The lowest BCUT2D eigenvalue weighted by molar-refractivity contribution is 1.34. The number of para-hydroxylation sites is 4. The lowest BCUT2D eigenvalue weighted by atomic mass is 10.2. The van der Waals surface area contributed by atoms with Crippen molar-refractivity contribution in [3.63, 3.8) is 0 Å². The van der Waals surface area contributed by atoms with Gasteiger partial charge in [-0.25, -0.2) is 9.97 Å². The van der Waals surface area contributed by atoms with E-state index in [1.807, 2.05) is 78.4 Å². The minimum atomic E-state index is 1.03. The molecule has 0 atom stereocenters. The second-order valence-corrected chi connectivity index (χ2v) is 6.82. The molecule has 0 bridgehead atoms. The Bertz CT molecular complexity index is 1100. The summed E-state index contributed by atoms with van der Waals surface area (Å²) in [6.45, 7) is 0. The fraction of sp³-hybridized carbons (Fsp3) is 0. The summed E-state index contributed by atoms with van der Waals surface area (Å²) >= 11 is 1.68. The van der Waals surface area contributed by atoms with Gasteiger partial charge in [-0.3, -0.25) is 4.98 Å². The van der Waals surface area contributed by atoms with Crippen LogP contribution in [-0.2, 0) is 0 Å². The highest BCUT2D eigenvalue weighted by atomic mass is 32.1. The van der Waals surface area contributed by atoms with Gasteiger partial charge in [-0.2, -0.15) is 0 Å². The summed E-state index contributed by atoms with van der Waals surface area (Å²) in [5.74, 6) is 0. The van der Waals surface area contributed by atoms with Gasteiger partial charge >= 0.3 is 0 Å². The molecule has 0 aliphatic rings. The number of hydrogen-bond donors (Lipinski definition) is 1. The van der Waals surface area contributed by atoms with E-state index in [4.69, 9.17) is 0 Å². The van der Waals surface area contributed by atoms with Crippen molar-refractivity contribution in [2.75, 3.05) is 0 Å². The van der Waals surface area contributed by atoms with E-state index < -0.39 is 0 Å². The molecule has 0 amide bonds. The van der Waals surface area contributed by atoms with Gasteiger partial charge in [0.25, 0.3) is 0 Å². The lowest BCUT2D eigenvalue weighted by Gasteiger charge is -1.91. The highest BCUT2D eigenvalue weighted by Crippen LogP contribution is 2.15. The van der Waals surface area contributed by atoms with E-state index in [2.05, 4.69) is 38.1 Å². The molecule has 0 radical (unpaired) electrons. The first-order valence-electron chi connectivity index (χ1n) is 8.86. The number of thiazole rings is 1. The predicted molar refractivity (Wildman–Crippen MR) is 117 cm³/mol. The molecular weight excluding hydrogens is 364 g/mol. The van der Waals surface area contributed by atoms with Gasteiger partial charge in [-0.15, -0.1) is 11.3 Å². The summed E-state index contributed by atoms with van der Waals surface area (Å²) in [5.41, 5.74) is 6.15. The molecule has 0 aliphatic heterocycles. The molecule has 3 aromatic heterocycles. The van der Waals surface area contributed by atoms with Crippen molar-refractivity contribution in [2.24, 2.45) is 0 Å². The smallest absolute Gasteiger partial charge is 0.0931 e. The molecule has 0 saturated carbocycles. The van der Waals surface area contributed by atoms with Crippen LogP contribution in [0.1, 0.15) is 0 Å². The Kier molecular flexibility index (Phi) is 5.65. The molecule has 3 heterocycles. The quantitative estimate of drug-likeness (QED) is 0.346. The van der Waals surface area contributed by atoms with Crippen LogP contribution in [0.2, 0.25) is 0 Å². The number of aromatic nitrogens is 4. The largest absolute Gasteiger partial charge is 0.345 e. The third kappa shape index (κ3) is 4.39. The molecule has 0 spiro atoms. The third-order valence-corrected chi connectivity index (χ3v) is 4.89. The van der Waals surface area contributed by atoms with Crippen LogP contribution in [0.15, 0.2) is 103 Å². The van der Waals surface area contributed by atoms with Crippen molar-refractivity contribution in [3.8, 4) is 0 Å². The normalized spacial score (nSPS) is 10.1. The summed E-state index contributed by atoms with van der Waals surface area (Å²) in [4.78, 5) is 15.4. The maximum atomic E-state index is 4.18. The van der Waals surface area contributed by atoms with Crippen molar-refractivity contribution < 1.29 is 0 Å². The topological polar surface area (TPSA) is 54.5 Å². The zero-order valence-electron chi connectivity index (χ0n) is 15.1. The highest BCUT2D eigenvalue weighted by molar-refractivity contribution is 7.16. The molecule has 0 saturated heterocycles. The van der Waals surface area contributed by atoms with Gasteiger partial charge in [0.1, 0.15) is 0 Å². The molecular formula is C23H18N4S. The molecule has 1 N–H and O–H groups in total. The Morgan fingerprint density at radius 3 is 2.14 bits per heavy atom. The SMILES string of the molecule is c1ccc2[nH]cnc2c1.c1ccc2ncccc2c1.c1ccc2scnc2c1. The average Bonchev–Trinajstić information content (AvgIpc) is 3.44. The van der Waals surface area contributed by atoms with Gasteiger partial charge in [0, 0.05) is 11.6 Å². The first-order valence-corrected chi connectivity index (χ1v) is 9.74. The van der Waals surface area contributed by atoms with E-state index >= 15 is 0 Å². The predicted octanol–water partition coefficient (Wildman–Crippen LogP) is 6.09. The number of fused-ring (bicyclic) bond motifs is 3. The van der Waals surface area contributed by atoms with Crippen molar-refractivity contribution in [1.82, 2.24) is 19.9 Å². The number of H-pyrrole nitrogens is 1. The molecule has 136 valence electrons. The first-order chi connectivity index (χ1) is 13.9. The minimum absolute atomic E-state index is 1.03. The van der Waals surface area contributed by atoms with Crippen molar-refractivity contribution in [2.45, 2.75) is 0 Å². The van der Waals surface area contributed by atoms with Crippen LogP contribution >= 0.6 is 11.3 Å². The van der Waals surface area contributed by atoms with Crippen molar-refractivity contribution in [1.29, 1.82) is 0 Å². The fourth-order valence-electron chi connectivity index (χ4n) is 2.70. The Balaban J connectivity index is 0.000000103. The lowest BCUT2D eigenvalue weighted by Crippen LogP contribution is -1.73. The van der Waals surface area contributed by atoms with Crippen molar-refractivity contribution in [3.05, 3.63) is 103 Å². The molecule has 4 nitrogen and oxygen atoms in total. The maximum absolute atomic E-state index is 4.18.